The number of H-pyrrole nitrogens is 1. The van der Waals surface area contributed by atoms with Crippen molar-refractivity contribution in [3.05, 3.63) is 65.9 Å². The largest absolute Gasteiger partial charge is 0.480 e. The van der Waals surface area contributed by atoms with Crippen molar-refractivity contribution < 1.29 is 24.2 Å². The average molecular weight is 392 g/mol. The fourth-order valence-electron chi connectivity index (χ4n) is 3.70. The number of carboxylic acid groups (broad SMARTS) is 1. The van der Waals surface area contributed by atoms with Crippen molar-refractivity contribution >= 4 is 28.7 Å². The molecule has 0 radical (unpaired) electrons. The zero-order valence-corrected chi connectivity index (χ0v) is 15.6. The molecule has 148 valence electrons. The molecule has 2 heterocycles. The third-order valence-corrected chi connectivity index (χ3v) is 5.14. The Balaban J connectivity index is 1.41. The first-order valence-electron chi connectivity index (χ1n) is 9.42. The molecule has 2 N–H and O–H groups in total. The Hall–Kier alpha value is -3.61. The third kappa shape index (κ3) is 3.85. The van der Waals surface area contributed by atoms with Crippen molar-refractivity contribution in [1.29, 1.82) is 0 Å². The van der Waals surface area contributed by atoms with Crippen molar-refractivity contribution in [3.63, 3.8) is 0 Å². The van der Waals surface area contributed by atoms with Crippen molar-refractivity contribution in [2.75, 3.05) is 6.54 Å². The molecule has 1 unspecified atom stereocenters. The van der Waals surface area contributed by atoms with Crippen LogP contribution >= 0.6 is 0 Å². The summed E-state index contributed by atoms with van der Waals surface area (Å²) in [6.07, 6.45) is 3.05. The molecule has 1 fully saturated rings. The van der Waals surface area contributed by atoms with Crippen LogP contribution in [0, 0.1) is 0 Å². The predicted octanol–water partition coefficient (Wildman–Crippen LogP) is 3.01. The standard InChI is InChI=1S/C22H20N2O5/c25-20(12-15-13-23-18-5-2-1-4-17(15)18)29-16-9-7-14(8-10-16)21(26)24-11-3-6-19(24)22(27)28/h1-2,4-5,7-10,13,19,23H,3,6,11-12H2,(H,27,28). The highest BCUT2D eigenvalue weighted by Gasteiger charge is 2.34. The van der Waals surface area contributed by atoms with Crippen LogP contribution in [0.4, 0.5) is 0 Å². The molecule has 1 atom stereocenters. The minimum atomic E-state index is -0.987. The number of nitrogens with zero attached hydrogens (tertiary/aromatic N) is 1. The number of likely N-dealkylation sites (tertiary alicyclic amines) is 1. The molecule has 7 nitrogen and oxygen atoms in total. The van der Waals surface area contributed by atoms with Gasteiger partial charge in [-0.1, -0.05) is 18.2 Å². The lowest BCUT2D eigenvalue weighted by molar-refractivity contribution is -0.141. The van der Waals surface area contributed by atoms with Gasteiger partial charge in [0.05, 0.1) is 6.42 Å². The molecule has 0 spiro atoms. The number of aromatic amines is 1. The molecule has 1 amide bonds. The lowest BCUT2D eigenvalue weighted by Crippen LogP contribution is -2.40. The number of esters is 1. The van der Waals surface area contributed by atoms with E-state index in [2.05, 4.69) is 4.98 Å². The maximum atomic E-state index is 12.6. The molecule has 7 heteroatoms. The Bertz CT molecular complexity index is 1070. The van der Waals surface area contributed by atoms with E-state index in [1.807, 2.05) is 24.3 Å². The summed E-state index contributed by atoms with van der Waals surface area (Å²) in [4.78, 5) is 40.7. The molecule has 1 aliphatic heterocycles. The van der Waals surface area contributed by atoms with Gasteiger partial charge in [-0.2, -0.15) is 0 Å². The number of nitrogens with one attached hydrogen (secondary N) is 1. The van der Waals surface area contributed by atoms with E-state index in [9.17, 15) is 19.5 Å². The van der Waals surface area contributed by atoms with E-state index >= 15 is 0 Å². The Morgan fingerprint density at radius 1 is 1.10 bits per heavy atom. The molecular weight excluding hydrogens is 372 g/mol. The van der Waals surface area contributed by atoms with Gasteiger partial charge in [0.25, 0.3) is 5.91 Å². The monoisotopic (exact) mass is 392 g/mol. The zero-order chi connectivity index (χ0) is 20.4. The number of aliphatic carboxylic acids is 1. The fraction of sp³-hybridized carbons (Fsp3) is 0.227. The van der Waals surface area contributed by atoms with E-state index < -0.39 is 18.0 Å². The number of carbonyl (C=O) groups excluding carboxylic acids is 2. The van der Waals surface area contributed by atoms with Crippen LogP contribution in [0.1, 0.15) is 28.8 Å². The van der Waals surface area contributed by atoms with Gasteiger partial charge in [0.15, 0.2) is 0 Å². The fourth-order valence-corrected chi connectivity index (χ4v) is 3.70. The smallest absolute Gasteiger partial charge is 0.326 e. The zero-order valence-electron chi connectivity index (χ0n) is 15.6. The number of amides is 1. The summed E-state index contributed by atoms with van der Waals surface area (Å²) in [5.74, 6) is -1.38. The van der Waals surface area contributed by atoms with E-state index in [1.54, 1.807) is 30.5 Å². The van der Waals surface area contributed by atoms with E-state index in [0.717, 1.165) is 16.5 Å². The highest BCUT2D eigenvalue weighted by Crippen LogP contribution is 2.22. The number of ether oxygens (including phenoxy) is 1. The number of aromatic nitrogens is 1. The van der Waals surface area contributed by atoms with E-state index in [-0.39, 0.29) is 12.3 Å². The molecule has 4 rings (SSSR count). The molecule has 1 saturated heterocycles. The second-order valence-corrected chi connectivity index (χ2v) is 7.03. The average Bonchev–Trinajstić information content (AvgIpc) is 3.36. The van der Waals surface area contributed by atoms with Crippen molar-refractivity contribution in [2.24, 2.45) is 0 Å². The van der Waals surface area contributed by atoms with Gasteiger partial charge >= 0.3 is 11.9 Å². The summed E-state index contributed by atoms with van der Waals surface area (Å²) >= 11 is 0. The number of fused-ring (bicyclic) bond motifs is 1. The van der Waals surface area contributed by atoms with Crippen LogP contribution in [0.3, 0.4) is 0 Å². The van der Waals surface area contributed by atoms with Crippen LogP contribution in [0.2, 0.25) is 0 Å². The van der Waals surface area contributed by atoms with Crippen LogP contribution in [0.15, 0.2) is 54.7 Å². The van der Waals surface area contributed by atoms with E-state index in [1.165, 1.54) is 4.90 Å². The normalized spacial score (nSPS) is 16.1. The lowest BCUT2D eigenvalue weighted by atomic mass is 10.1. The maximum Gasteiger partial charge on any atom is 0.326 e. The van der Waals surface area contributed by atoms with Crippen LogP contribution in [-0.2, 0) is 16.0 Å². The summed E-state index contributed by atoms with van der Waals surface area (Å²) in [6.45, 7) is 0.428. The number of benzene rings is 2. The van der Waals surface area contributed by atoms with Gasteiger partial charge in [-0.3, -0.25) is 9.59 Å². The molecule has 2 aromatic carbocycles. The topological polar surface area (TPSA) is 99.7 Å². The number of carbonyl (C=O) groups is 3. The van der Waals surface area contributed by atoms with Crippen LogP contribution in [0.25, 0.3) is 10.9 Å². The molecule has 1 aliphatic rings. The second-order valence-electron chi connectivity index (χ2n) is 7.03. The highest BCUT2D eigenvalue weighted by molar-refractivity contribution is 5.97. The summed E-state index contributed by atoms with van der Waals surface area (Å²) in [7, 11) is 0. The molecular formula is C22H20N2O5. The lowest BCUT2D eigenvalue weighted by Gasteiger charge is -2.21. The number of carboxylic acids is 1. The van der Waals surface area contributed by atoms with Gasteiger partial charge in [-0.25, -0.2) is 4.79 Å². The molecule has 0 bridgehead atoms. The minimum Gasteiger partial charge on any atom is -0.480 e. The van der Waals surface area contributed by atoms with E-state index in [4.69, 9.17) is 4.74 Å². The number of hydrogen-bond acceptors (Lipinski definition) is 4. The Morgan fingerprint density at radius 3 is 2.62 bits per heavy atom. The third-order valence-electron chi connectivity index (χ3n) is 5.14. The molecule has 0 aliphatic carbocycles. The first-order valence-corrected chi connectivity index (χ1v) is 9.42. The van der Waals surface area contributed by atoms with Gasteiger partial charge in [-0.05, 0) is 48.7 Å². The van der Waals surface area contributed by atoms with Crippen molar-refractivity contribution in [1.82, 2.24) is 9.88 Å². The van der Waals surface area contributed by atoms with E-state index in [0.29, 0.717) is 30.7 Å². The van der Waals surface area contributed by atoms with Gasteiger partial charge in [0.2, 0.25) is 0 Å². The van der Waals surface area contributed by atoms with Gasteiger partial charge in [0, 0.05) is 29.2 Å². The highest BCUT2D eigenvalue weighted by atomic mass is 16.5. The molecule has 3 aromatic rings. The Morgan fingerprint density at radius 2 is 1.86 bits per heavy atom. The quantitative estimate of drug-likeness (QED) is 0.514. The summed E-state index contributed by atoms with van der Waals surface area (Å²) in [5.41, 5.74) is 2.18. The first-order chi connectivity index (χ1) is 14.0. The first kappa shape index (κ1) is 18.7. The number of para-hydroxylation sites is 1. The van der Waals surface area contributed by atoms with Crippen LogP contribution in [-0.4, -0.2) is 45.4 Å². The van der Waals surface area contributed by atoms with Crippen LogP contribution in [0.5, 0.6) is 5.75 Å². The summed E-state index contributed by atoms with van der Waals surface area (Å²) in [5, 5.41) is 10.2. The van der Waals surface area contributed by atoms with Gasteiger partial charge in [0.1, 0.15) is 11.8 Å². The Labute approximate surface area is 166 Å². The SMILES string of the molecule is O=C(Cc1c[nH]c2ccccc12)Oc1ccc(C(=O)N2CCCC2C(=O)O)cc1. The van der Waals surface area contributed by atoms with Crippen molar-refractivity contribution in [3.8, 4) is 5.75 Å². The minimum absolute atomic E-state index is 0.124. The molecule has 0 saturated carbocycles. The van der Waals surface area contributed by atoms with Crippen molar-refractivity contribution in [2.45, 2.75) is 25.3 Å². The van der Waals surface area contributed by atoms with Gasteiger partial charge < -0.3 is 19.7 Å². The van der Waals surface area contributed by atoms with Crippen LogP contribution < -0.4 is 4.74 Å². The predicted molar refractivity (Wildman–Crippen MR) is 106 cm³/mol. The van der Waals surface area contributed by atoms with Gasteiger partial charge in [-0.15, -0.1) is 0 Å². The maximum absolute atomic E-state index is 12.6. The molecule has 29 heavy (non-hydrogen) atoms. The summed E-state index contributed by atoms with van der Waals surface area (Å²) in [6, 6.07) is 13.1. The second kappa shape index (κ2) is 7.79. The number of rotatable bonds is 5. The molecule has 1 aromatic heterocycles. The Kier molecular flexibility index (Phi) is 5.03. The number of hydrogen-bond donors (Lipinski definition) is 2. The summed E-state index contributed by atoms with van der Waals surface area (Å²) < 4.78 is 5.38.